The van der Waals surface area contributed by atoms with E-state index in [1.54, 1.807) is 24.3 Å². The van der Waals surface area contributed by atoms with Crippen molar-refractivity contribution in [2.45, 2.75) is 0 Å². The number of carbonyl (C=O) groups is 3. The monoisotopic (exact) mass is 337 g/mol. The maximum atomic E-state index is 12.3. The minimum atomic E-state index is -3.71. The summed E-state index contributed by atoms with van der Waals surface area (Å²) in [6, 6.07) is 6.38. The lowest BCUT2D eigenvalue weighted by molar-refractivity contribution is -0.122. The molecule has 0 aliphatic carbocycles. The summed E-state index contributed by atoms with van der Waals surface area (Å²) in [5, 5.41) is 2.54. The second-order valence-corrected chi connectivity index (χ2v) is 7.40. The number of benzene rings is 1. The molecule has 0 saturated carbocycles. The van der Waals surface area contributed by atoms with E-state index in [1.165, 1.54) is 0 Å². The van der Waals surface area contributed by atoms with Crippen molar-refractivity contribution in [2.75, 3.05) is 31.9 Å². The van der Waals surface area contributed by atoms with Crippen LogP contribution in [-0.4, -0.2) is 67.3 Å². The molecule has 1 fully saturated rings. The Balaban J connectivity index is 1.70. The van der Waals surface area contributed by atoms with Crippen LogP contribution in [-0.2, 0) is 14.8 Å². The number of carbonyl (C=O) groups excluding carboxylic acids is 3. The molecule has 0 spiro atoms. The number of hydrogen-bond acceptors (Lipinski definition) is 5. The van der Waals surface area contributed by atoms with Gasteiger partial charge in [0, 0.05) is 19.6 Å². The van der Waals surface area contributed by atoms with Crippen molar-refractivity contribution in [3.8, 4) is 0 Å². The van der Waals surface area contributed by atoms with Crippen LogP contribution in [0.5, 0.6) is 0 Å². The number of fused-ring (bicyclic) bond motifs is 1. The third-order valence-electron chi connectivity index (χ3n) is 3.85. The zero-order valence-corrected chi connectivity index (χ0v) is 13.0. The minimum Gasteiger partial charge on any atom is -0.354 e. The van der Waals surface area contributed by atoms with E-state index in [9.17, 15) is 22.8 Å². The quantitative estimate of drug-likeness (QED) is 0.713. The van der Waals surface area contributed by atoms with Crippen molar-refractivity contribution in [1.29, 1.82) is 0 Å². The van der Waals surface area contributed by atoms with Gasteiger partial charge in [-0.25, -0.2) is 8.42 Å². The van der Waals surface area contributed by atoms with Crippen molar-refractivity contribution < 1.29 is 22.8 Å². The lowest BCUT2D eigenvalue weighted by atomic mass is 10.1. The fourth-order valence-corrected chi connectivity index (χ4v) is 3.99. The minimum absolute atomic E-state index is 0.191. The molecule has 122 valence electrons. The van der Waals surface area contributed by atoms with Crippen LogP contribution in [0.15, 0.2) is 24.3 Å². The standard InChI is InChI=1S/C14H15N3O5S/c18-12-9-16(6-5-15-12)23(21,22)8-7-17-13(19)10-3-1-2-4-11(10)14(17)20/h1-4H,5-9H2,(H,15,18). The molecule has 1 aromatic carbocycles. The predicted octanol–water partition coefficient (Wildman–Crippen LogP) is -0.956. The highest BCUT2D eigenvalue weighted by atomic mass is 32.2. The van der Waals surface area contributed by atoms with Gasteiger partial charge in [-0.15, -0.1) is 0 Å². The highest BCUT2D eigenvalue weighted by Crippen LogP contribution is 2.22. The van der Waals surface area contributed by atoms with Crippen LogP contribution < -0.4 is 5.32 Å². The molecular weight excluding hydrogens is 322 g/mol. The maximum absolute atomic E-state index is 12.3. The molecule has 23 heavy (non-hydrogen) atoms. The van der Waals surface area contributed by atoms with Crippen molar-refractivity contribution in [3.63, 3.8) is 0 Å². The van der Waals surface area contributed by atoms with E-state index >= 15 is 0 Å². The summed E-state index contributed by atoms with van der Waals surface area (Å²) in [4.78, 5) is 36.6. The Morgan fingerprint density at radius 1 is 1.04 bits per heavy atom. The van der Waals surface area contributed by atoms with Crippen molar-refractivity contribution in [2.24, 2.45) is 0 Å². The highest BCUT2D eigenvalue weighted by molar-refractivity contribution is 7.89. The van der Waals surface area contributed by atoms with E-state index in [1.807, 2.05) is 0 Å². The van der Waals surface area contributed by atoms with Crippen LogP contribution in [0.1, 0.15) is 20.7 Å². The average molecular weight is 337 g/mol. The van der Waals surface area contributed by atoms with E-state index < -0.39 is 27.6 Å². The summed E-state index contributed by atoms with van der Waals surface area (Å²) < 4.78 is 25.6. The molecule has 2 aliphatic heterocycles. The van der Waals surface area contributed by atoms with Gasteiger partial charge in [0.25, 0.3) is 11.8 Å². The fraction of sp³-hybridized carbons (Fsp3) is 0.357. The van der Waals surface area contributed by atoms with Crippen molar-refractivity contribution in [3.05, 3.63) is 35.4 Å². The molecule has 0 aromatic heterocycles. The molecule has 2 heterocycles. The van der Waals surface area contributed by atoms with Gasteiger partial charge in [0.2, 0.25) is 15.9 Å². The molecule has 8 nitrogen and oxygen atoms in total. The SMILES string of the molecule is O=C1CN(S(=O)(=O)CCN2C(=O)c3ccccc3C2=O)CCN1. The van der Waals surface area contributed by atoms with Crippen LogP contribution in [0.3, 0.4) is 0 Å². The molecule has 3 rings (SSSR count). The first-order valence-corrected chi connectivity index (χ1v) is 8.71. The number of nitrogens with zero attached hydrogens (tertiary/aromatic N) is 2. The molecule has 0 atom stereocenters. The van der Waals surface area contributed by atoms with Gasteiger partial charge in [-0.3, -0.25) is 19.3 Å². The first-order valence-electron chi connectivity index (χ1n) is 7.10. The molecule has 1 saturated heterocycles. The summed E-state index contributed by atoms with van der Waals surface area (Å²) in [7, 11) is -3.71. The number of amides is 3. The molecule has 1 aromatic rings. The summed E-state index contributed by atoms with van der Waals surface area (Å²) in [5.74, 6) is -1.74. The Bertz CT molecular complexity index is 754. The average Bonchev–Trinajstić information content (AvgIpc) is 2.77. The van der Waals surface area contributed by atoms with Crippen LogP contribution >= 0.6 is 0 Å². The molecule has 3 amide bonds. The summed E-state index contributed by atoms with van der Waals surface area (Å²) in [6.07, 6.45) is 0. The van der Waals surface area contributed by atoms with E-state index in [0.717, 1.165) is 9.21 Å². The van der Waals surface area contributed by atoms with E-state index in [2.05, 4.69) is 5.32 Å². The number of imide groups is 1. The van der Waals surface area contributed by atoms with Crippen LogP contribution in [0.4, 0.5) is 0 Å². The van der Waals surface area contributed by atoms with Gasteiger partial charge in [0.15, 0.2) is 0 Å². The molecule has 0 bridgehead atoms. The number of hydrogen-bond donors (Lipinski definition) is 1. The first-order chi connectivity index (χ1) is 10.9. The third kappa shape index (κ3) is 2.84. The number of rotatable bonds is 4. The van der Waals surface area contributed by atoms with Gasteiger partial charge in [-0.05, 0) is 12.1 Å². The second kappa shape index (κ2) is 5.74. The molecule has 0 unspecified atom stereocenters. The van der Waals surface area contributed by atoms with E-state index in [-0.39, 0.29) is 43.2 Å². The lowest BCUT2D eigenvalue weighted by Crippen LogP contribution is -2.51. The maximum Gasteiger partial charge on any atom is 0.261 e. The smallest absolute Gasteiger partial charge is 0.261 e. The number of piperazine rings is 1. The third-order valence-corrected chi connectivity index (χ3v) is 5.64. The Hall–Kier alpha value is -2.26. The fourth-order valence-electron chi connectivity index (χ4n) is 2.63. The van der Waals surface area contributed by atoms with Crippen molar-refractivity contribution >= 4 is 27.7 Å². The topological polar surface area (TPSA) is 104 Å². The first kappa shape index (κ1) is 15.6. The molecule has 0 radical (unpaired) electrons. The van der Waals surface area contributed by atoms with E-state index in [4.69, 9.17) is 0 Å². The molecule has 2 aliphatic rings. The van der Waals surface area contributed by atoms with Gasteiger partial charge in [-0.1, -0.05) is 12.1 Å². The molecular formula is C14H15N3O5S. The molecule has 1 N–H and O–H groups in total. The van der Waals surface area contributed by atoms with E-state index in [0.29, 0.717) is 0 Å². The lowest BCUT2D eigenvalue weighted by Gasteiger charge is -2.26. The summed E-state index contributed by atoms with van der Waals surface area (Å²) >= 11 is 0. The Morgan fingerprint density at radius 3 is 2.22 bits per heavy atom. The largest absolute Gasteiger partial charge is 0.354 e. The number of sulfonamides is 1. The van der Waals surface area contributed by atoms with Crippen LogP contribution in [0, 0.1) is 0 Å². The van der Waals surface area contributed by atoms with Gasteiger partial charge in [-0.2, -0.15) is 4.31 Å². The van der Waals surface area contributed by atoms with Gasteiger partial charge >= 0.3 is 0 Å². The van der Waals surface area contributed by atoms with Crippen LogP contribution in [0.2, 0.25) is 0 Å². The molecule has 9 heteroatoms. The predicted molar refractivity (Wildman–Crippen MR) is 80.2 cm³/mol. The normalized spacial score (nSPS) is 19.0. The summed E-state index contributed by atoms with van der Waals surface area (Å²) in [5.41, 5.74) is 0.569. The Labute approximate surface area is 133 Å². The van der Waals surface area contributed by atoms with Gasteiger partial charge in [0.1, 0.15) is 0 Å². The highest BCUT2D eigenvalue weighted by Gasteiger charge is 2.36. The number of nitrogens with one attached hydrogen (secondary N) is 1. The Morgan fingerprint density at radius 2 is 1.65 bits per heavy atom. The van der Waals surface area contributed by atoms with Gasteiger partial charge < -0.3 is 5.32 Å². The zero-order valence-electron chi connectivity index (χ0n) is 12.2. The second-order valence-electron chi connectivity index (χ2n) is 5.31. The Kier molecular flexibility index (Phi) is 3.90. The zero-order chi connectivity index (χ0) is 16.6. The van der Waals surface area contributed by atoms with Crippen molar-refractivity contribution in [1.82, 2.24) is 14.5 Å². The van der Waals surface area contributed by atoms with Gasteiger partial charge in [0.05, 0.1) is 23.4 Å². The summed E-state index contributed by atoms with van der Waals surface area (Å²) in [6.45, 7) is -0.0154. The van der Waals surface area contributed by atoms with Crippen LogP contribution in [0.25, 0.3) is 0 Å².